The fourth-order valence-electron chi connectivity index (χ4n) is 3.74. The predicted molar refractivity (Wildman–Crippen MR) is 103 cm³/mol. The fraction of sp³-hybridized carbons (Fsp3) is 0.950. The van der Waals surface area contributed by atoms with Crippen LogP contribution in [-0.2, 0) is 18.8 Å². The van der Waals surface area contributed by atoms with Crippen molar-refractivity contribution in [3.63, 3.8) is 0 Å². The van der Waals surface area contributed by atoms with Crippen molar-refractivity contribution in [3.05, 3.63) is 0 Å². The molecule has 0 spiro atoms. The van der Waals surface area contributed by atoms with Gasteiger partial charge < -0.3 is 9.47 Å². The summed E-state index contributed by atoms with van der Waals surface area (Å²) in [5.74, 6) is -0.0342. The number of carbonyl (C=O) groups is 1. The highest BCUT2D eigenvalue weighted by molar-refractivity contribution is 7.45. The third kappa shape index (κ3) is 9.15. The molecule has 0 aromatic carbocycles. The summed E-state index contributed by atoms with van der Waals surface area (Å²) in [6.45, 7) is 6.91. The van der Waals surface area contributed by atoms with Gasteiger partial charge in [-0.2, -0.15) is 0 Å². The van der Waals surface area contributed by atoms with Crippen LogP contribution in [0.1, 0.15) is 85.0 Å². The second kappa shape index (κ2) is 13.7. The van der Waals surface area contributed by atoms with Crippen LogP contribution in [0.25, 0.3) is 0 Å². The van der Waals surface area contributed by atoms with E-state index in [2.05, 4.69) is 6.92 Å². The molecular formula is C20H38O4P+. The van der Waals surface area contributed by atoms with Gasteiger partial charge in [-0.05, 0) is 32.6 Å². The van der Waals surface area contributed by atoms with Gasteiger partial charge in [0.25, 0.3) is 5.85 Å². The zero-order chi connectivity index (χ0) is 18.5. The molecule has 0 radical (unpaired) electrons. The van der Waals surface area contributed by atoms with Crippen molar-refractivity contribution >= 4 is 13.8 Å². The van der Waals surface area contributed by atoms with Crippen molar-refractivity contribution in [1.29, 1.82) is 0 Å². The lowest BCUT2D eigenvalue weighted by Crippen LogP contribution is -2.25. The van der Waals surface area contributed by atoms with Gasteiger partial charge in [0.1, 0.15) is 5.92 Å². The summed E-state index contributed by atoms with van der Waals surface area (Å²) in [5.41, 5.74) is 0. The van der Waals surface area contributed by atoms with Gasteiger partial charge >= 0.3 is 13.8 Å². The van der Waals surface area contributed by atoms with Crippen LogP contribution >= 0.6 is 7.80 Å². The minimum absolute atomic E-state index is 0.166. The van der Waals surface area contributed by atoms with E-state index in [0.717, 1.165) is 32.1 Å². The maximum absolute atomic E-state index is 12.9. The Balaban J connectivity index is 2.64. The van der Waals surface area contributed by atoms with Crippen LogP contribution in [0.15, 0.2) is 0 Å². The molecular weight excluding hydrogens is 335 g/mol. The Morgan fingerprint density at radius 1 is 1.08 bits per heavy atom. The molecule has 0 aromatic rings. The fourth-order valence-corrected chi connectivity index (χ4v) is 5.49. The number of unbranched alkanes of at least 4 members (excludes halogenated alkanes) is 2. The zero-order valence-corrected chi connectivity index (χ0v) is 17.4. The molecule has 25 heavy (non-hydrogen) atoms. The van der Waals surface area contributed by atoms with Gasteiger partial charge in [-0.15, -0.1) is 0 Å². The van der Waals surface area contributed by atoms with E-state index < -0.39 is 7.80 Å². The van der Waals surface area contributed by atoms with E-state index in [9.17, 15) is 9.36 Å². The molecule has 1 aliphatic carbocycles. The second-order valence-corrected chi connectivity index (χ2v) is 8.97. The van der Waals surface area contributed by atoms with Gasteiger partial charge in [-0.25, -0.2) is 0 Å². The van der Waals surface area contributed by atoms with Crippen molar-refractivity contribution in [2.24, 2.45) is 11.8 Å². The van der Waals surface area contributed by atoms with Crippen molar-refractivity contribution in [2.45, 2.75) is 90.8 Å². The molecule has 3 unspecified atom stereocenters. The Labute approximate surface area is 155 Å². The number of ether oxygens (including phenoxy) is 2. The third-order valence-corrected chi connectivity index (χ3v) is 6.95. The summed E-state index contributed by atoms with van der Waals surface area (Å²) >= 11 is 0. The number of hydrogen-bond acceptors (Lipinski definition) is 4. The normalized spacial score (nSPS) is 18.6. The topological polar surface area (TPSA) is 52.6 Å². The molecule has 0 heterocycles. The lowest BCUT2D eigenvalue weighted by atomic mass is 9.83. The zero-order valence-electron chi connectivity index (χ0n) is 16.5. The summed E-state index contributed by atoms with van der Waals surface area (Å²) in [6, 6.07) is 0. The van der Waals surface area contributed by atoms with E-state index in [-0.39, 0.29) is 17.7 Å². The molecule has 1 saturated carbocycles. The molecule has 5 heteroatoms. The number of esters is 1. The average Bonchev–Trinajstić information content (AvgIpc) is 2.61. The lowest BCUT2D eigenvalue weighted by molar-refractivity contribution is -0.147. The third-order valence-electron chi connectivity index (χ3n) is 5.10. The van der Waals surface area contributed by atoms with Gasteiger partial charge in [0.05, 0.1) is 6.61 Å². The van der Waals surface area contributed by atoms with Crippen LogP contribution in [-0.4, -0.2) is 31.2 Å². The van der Waals surface area contributed by atoms with Crippen LogP contribution in [0, 0.1) is 11.8 Å². The first kappa shape index (κ1) is 22.6. The summed E-state index contributed by atoms with van der Waals surface area (Å²) in [5, 5.41) is 0. The monoisotopic (exact) mass is 373 g/mol. The lowest BCUT2D eigenvalue weighted by Gasteiger charge is -2.24. The van der Waals surface area contributed by atoms with Gasteiger partial charge in [-0.1, -0.05) is 56.4 Å². The van der Waals surface area contributed by atoms with Crippen molar-refractivity contribution in [1.82, 2.24) is 0 Å². The average molecular weight is 373 g/mol. The maximum atomic E-state index is 12.9. The Bertz CT molecular complexity index is 380. The number of carbonyl (C=O) groups excluding carboxylic acids is 1. The molecule has 0 N–H and O–H groups in total. The molecule has 3 atom stereocenters. The quantitative estimate of drug-likeness (QED) is 0.229. The van der Waals surface area contributed by atoms with Crippen LogP contribution in [0.3, 0.4) is 0 Å². The molecule has 0 aliphatic heterocycles. The summed E-state index contributed by atoms with van der Waals surface area (Å²) < 4.78 is 23.9. The molecule has 1 rings (SSSR count). The van der Waals surface area contributed by atoms with E-state index in [1.54, 1.807) is 0 Å². The largest absolute Gasteiger partial charge is 0.466 e. The molecule has 146 valence electrons. The van der Waals surface area contributed by atoms with E-state index in [1.807, 2.05) is 13.8 Å². The second-order valence-electron chi connectivity index (χ2n) is 7.19. The van der Waals surface area contributed by atoms with Crippen molar-refractivity contribution < 1.29 is 18.8 Å². The number of hydrogen-bond donors (Lipinski definition) is 0. The standard InChI is InChI=1S/C20H38O4P/c1-4-7-9-14-19(23-5-2)25(22)16-18(20(21)24-6-3)15-17-12-10-8-11-13-17/h17-19H,4-16H2,1-3H3/q+1. The first-order valence-electron chi connectivity index (χ1n) is 10.3. The molecule has 0 aromatic heterocycles. The minimum Gasteiger partial charge on any atom is -0.466 e. The van der Waals surface area contributed by atoms with Crippen molar-refractivity contribution in [2.75, 3.05) is 19.4 Å². The molecule has 0 amide bonds. The molecule has 1 fully saturated rings. The van der Waals surface area contributed by atoms with E-state index >= 15 is 0 Å². The van der Waals surface area contributed by atoms with Crippen LogP contribution in [0.5, 0.6) is 0 Å². The SMILES string of the molecule is CCCCCC(OCC)[P+](=O)CC(CC1CCCCC1)C(=O)OCC. The van der Waals surface area contributed by atoms with Crippen molar-refractivity contribution in [3.8, 4) is 0 Å². The molecule has 0 bridgehead atoms. The summed E-state index contributed by atoms with van der Waals surface area (Å²) in [7, 11) is -1.55. The van der Waals surface area contributed by atoms with Gasteiger partial charge in [0.15, 0.2) is 6.16 Å². The van der Waals surface area contributed by atoms with E-state index in [1.165, 1.54) is 32.1 Å². The van der Waals surface area contributed by atoms with E-state index in [4.69, 9.17) is 9.47 Å². The highest BCUT2D eigenvalue weighted by atomic mass is 31.1. The Morgan fingerprint density at radius 2 is 1.80 bits per heavy atom. The summed E-state index contributed by atoms with van der Waals surface area (Å²) in [6.07, 6.45) is 11.6. The smallest absolute Gasteiger partial charge is 0.371 e. The van der Waals surface area contributed by atoms with Crippen LogP contribution in [0.4, 0.5) is 0 Å². The Kier molecular flexibility index (Phi) is 12.4. The first-order chi connectivity index (χ1) is 12.1. The summed E-state index contributed by atoms with van der Waals surface area (Å²) in [4.78, 5) is 12.4. The predicted octanol–water partition coefficient (Wildman–Crippen LogP) is 5.91. The van der Waals surface area contributed by atoms with E-state index in [0.29, 0.717) is 25.3 Å². The Hall–Kier alpha value is -0.470. The highest BCUT2D eigenvalue weighted by Crippen LogP contribution is 2.38. The van der Waals surface area contributed by atoms with Gasteiger partial charge in [0, 0.05) is 13.0 Å². The highest BCUT2D eigenvalue weighted by Gasteiger charge is 2.38. The van der Waals surface area contributed by atoms with Gasteiger partial charge in [0.2, 0.25) is 0 Å². The number of rotatable bonds is 13. The minimum atomic E-state index is -1.55. The maximum Gasteiger partial charge on any atom is 0.371 e. The van der Waals surface area contributed by atoms with Crippen LogP contribution < -0.4 is 0 Å². The first-order valence-corrected chi connectivity index (χ1v) is 11.9. The molecule has 1 aliphatic rings. The molecule has 0 saturated heterocycles. The Morgan fingerprint density at radius 3 is 2.40 bits per heavy atom. The molecule has 4 nitrogen and oxygen atoms in total. The van der Waals surface area contributed by atoms with Crippen LogP contribution in [0.2, 0.25) is 0 Å². The van der Waals surface area contributed by atoms with Gasteiger partial charge in [-0.3, -0.25) is 4.79 Å².